The van der Waals surface area contributed by atoms with Gasteiger partial charge in [-0.05, 0) is 24.3 Å². The van der Waals surface area contributed by atoms with Gasteiger partial charge in [-0.15, -0.1) is 11.3 Å². The van der Waals surface area contributed by atoms with Crippen LogP contribution in [-0.4, -0.2) is 66.3 Å². The van der Waals surface area contributed by atoms with Gasteiger partial charge in [0.1, 0.15) is 0 Å². The van der Waals surface area contributed by atoms with E-state index < -0.39 is 5.97 Å². The molecule has 2 heterocycles. The molecule has 1 saturated heterocycles. The van der Waals surface area contributed by atoms with E-state index in [1.807, 2.05) is 18.2 Å². The summed E-state index contributed by atoms with van der Waals surface area (Å²) in [5.74, 6) is -1.12. The molecule has 1 fully saturated rings. The van der Waals surface area contributed by atoms with Crippen molar-refractivity contribution in [3.8, 4) is 0 Å². The highest BCUT2D eigenvalue weighted by Gasteiger charge is 2.25. The molecule has 3 amide bonds. The number of para-hydroxylation sites is 1. The Hall–Kier alpha value is -2.91. The van der Waals surface area contributed by atoms with Crippen molar-refractivity contribution >= 4 is 52.3 Å². The summed E-state index contributed by atoms with van der Waals surface area (Å²) in [6.07, 6.45) is -0.103. The third kappa shape index (κ3) is 6.80. The summed E-state index contributed by atoms with van der Waals surface area (Å²) in [5, 5.41) is 2.81. The maximum atomic E-state index is 12.3. The average molecular weight is 464 g/mol. The summed E-state index contributed by atoms with van der Waals surface area (Å²) < 4.78 is 5.51. The number of ether oxygens (including phenoxy) is 1. The lowest BCUT2D eigenvalue weighted by molar-refractivity contribution is -0.152. The number of benzene rings is 1. The van der Waals surface area contributed by atoms with Gasteiger partial charge in [0.05, 0.1) is 15.6 Å². The number of urea groups is 1. The highest BCUT2D eigenvalue weighted by Crippen LogP contribution is 2.23. The minimum atomic E-state index is -0.606. The number of piperazine rings is 1. The van der Waals surface area contributed by atoms with E-state index in [0.29, 0.717) is 41.1 Å². The maximum Gasteiger partial charge on any atom is 0.321 e. The van der Waals surface area contributed by atoms with E-state index in [1.165, 1.54) is 0 Å². The number of halogens is 1. The molecule has 0 aliphatic carbocycles. The van der Waals surface area contributed by atoms with Gasteiger partial charge in [0.15, 0.2) is 12.4 Å². The van der Waals surface area contributed by atoms with Gasteiger partial charge in [-0.1, -0.05) is 29.8 Å². The second kappa shape index (κ2) is 10.9. The van der Waals surface area contributed by atoms with Crippen molar-refractivity contribution in [2.45, 2.75) is 12.8 Å². The van der Waals surface area contributed by atoms with Crippen LogP contribution in [0.15, 0.2) is 42.5 Å². The SMILES string of the molecule is O=C(CCC(=O)c1ccc(Cl)s1)OCC(=O)N1CCN(C(=O)Nc2ccccc2)CC1. The Morgan fingerprint density at radius 3 is 2.26 bits per heavy atom. The smallest absolute Gasteiger partial charge is 0.321 e. The van der Waals surface area contributed by atoms with Gasteiger partial charge in [-0.3, -0.25) is 14.4 Å². The molecule has 1 aliphatic heterocycles. The number of hydrogen-bond acceptors (Lipinski definition) is 6. The Morgan fingerprint density at radius 2 is 1.61 bits per heavy atom. The maximum absolute atomic E-state index is 12.3. The molecule has 10 heteroatoms. The molecule has 0 bridgehead atoms. The van der Waals surface area contributed by atoms with Gasteiger partial charge in [0.25, 0.3) is 5.91 Å². The fourth-order valence-electron chi connectivity index (χ4n) is 2.99. The number of amides is 3. The number of ketones is 1. The van der Waals surface area contributed by atoms with Crippen LogP contribution in [0, 0.1) is 0 Å². The van der Waals surface area contributed by atoms with Crippen LogP contribution in [0.2, 0.25) is 4.34 Å². The second-order valence-electron chi connectivity index (χ2n) is 6.85. The molecule has 1 N–H and O–H groups in total. The van der Waals surface area contributed by atoms with Gasteiger partial charge in [-0.2, -0.15) is 0 Å². The van der Waals surface area contributed by atoms with Crippen molar-refractivity contribution in [1.82, 2.24) is 9.80 Å². The Kier molecular flexibility index (Phi) is 8.02. The Bertz CT molecular complexity index is 942. The van der Waals surface area contributed by atoms with Crippen molar-refractivity contribution in [3.63, 3.8) is 0 Å². The topological polar surface area (TPSA) is 96.0 Å². The molecule has 164 valence electrons. The molecule has 31 heavy (non-hydrogen) atoms. The summed E-state index contributed by atoms with van der Waals surface area (Å²) >= 11 is 6.95. The molecule has 0 unspecified atom stereocenters. The number of thiophene rings is 1. The van der Waals surface area contributed by atoms with Crippen molar-refractivity contribution in [1.29, 1.82) is 0 Å². The molecule has 0 spiro atoms. The number of esters is 1. The van der Waals surface area contributed by atoms with Crippen LogP contribution in [0.1, 0.15) is 22.5 Å². The largest absolute Gasteiger partial charge is 0.456 e. The molecule has 2 aromatic rings. The monoisotopic (exact) mass is 463 g/mol. The van der Waals surface area contributed by atoms with Crippen LogP contribution in [0.3, 0.4) is 0 Å². The average Bonchev–Trinajstić information content (AvgIpc) is 3.23. The summed E-state index contributed by atoms with van der Waals surface area (Å²) in [6, 6.07) is 12.2. The summed E-state index contributed by atoms with van der Waals surface area (Å²) in [4.78, 5) is 52.1. The van der Waals surface area contributed by atoms with E-state index in [4.69, 9.17) is 16.3 Å². The standard InChI is InChI=1S/C21H22ClN3O5S/c22-18-8-7-17(31-18)16(26)6-9-20(28)30-14-19(27)24-10-12-25(13-11-24)21(29)23-15-4-2-1-3-5-15/h1-5,7-8H,6,9-14H2,(H,23,29). The Morgan fingerprint density at radius 1 is 0.935 bits per heavy atom. The van der Waals surface area contributed by atoms with Crippen LogP contribution < -0.4 is 5.32 Å². The summed E-state index contributed by atoms with van der Waals surface area (Å²) in [7, 11) is 0. The van der Waals surface area contributed by atoms with Crippen LogP contribution >= 0.6 is 22.9 Å². The minimum absolute atomic E-state index is 0.000926. The molecule has 0 saturated carbocycles. The molecule has 3 rings (SSSR count). The highest BCUT2D eigenvalue weighted by molar-refractivity contribution is 7.18. The van der Waals surface area contributed by atoms with Gasteiger partial charge >= 0.3 is 12.0 Å². The van der Waals surface area contributed by atoms with E-state index in [-0.39, 0.29) is 37.2 Å². The fourth-order valence-corrected chi connectivity index (χ4v) is 4.00. The molecule has 0 radical (unpaired) electrons. The third-order valence-corrected chi connectivity index (χ3v) is 5.98. The molecule has 1 aromatic carbocycles. The predicted molar refractivity (Wildman–Crippen MR) is 117 cm³/mol. The normalized spacial score (nSPS) is 13.6. The van der Waals surface area contributed by atoms with Gasteiger partial charge in [0.2, 0.25) is 0 Å². The van der Waals surface area contributed by atoms with Crippen LogP contribution in [0.25, 0.3) is 0 Å². The number of carbonyl (C=O) groups excluding carboxylic acids is 4. The number of hydrogen-bond donors (Lipinski definition) is 1. The zero-order valence-electron chi connectivity index (χ0n) is 16.7. The van der Waals surface area contributed by atoms with Gasteiger partial charge in [0, 0.05) is 38.3 Å². The van der Waals surface area contributed by atoms with Gasteiger partial charge in [-0.25, -0.2) is 4.79 Å². The number of nitrogens with one attached hydrogen (secondary N) is 1. The van der Waals surface area contributed by atoms with E-state index in [2.05, 4.69) is 5.32 Å². The lowest BCUT2D eigenvalue weighted by atomic mass is 10.2. The van der Waals surface area contributed by atoms with Crippen molar-refractivity contribution in [2.24, 2.45) is 0 Å². The van der Waals surface area contributed by atoms with E-state index >= 15 is 0 Å². The number of rotatable bonds is 7. The highest BCUT2D eigenvalue weighted by atomic mass is 35.5. The molecule has 1 aromatic heterocycles. The Labute approximate surface area is 188 Å². The molecular weight excluding hydrogens is 442 g/mol. The lowest BCUT2D eigenvalue weighted by Crippen LogP contribution is -2.52. The van der Waals surface area contributed by atoms with Crippen molar-refractivity contribution < 1.29 is 23.9 Å². The second-order valence-corrected chi connectivity index (χ2v) is 8.57. The lowest BCUT2D eigenvalue weighted by Gasteiger charge is -2.34. The first kappa shape index (κ1) is 22.8. The zero-order valence-corrected chi connectivity index (χ0v) is 18.3. The van der Waals surface area contributed by atoms with Crippen LogP contribution in [-0.2, 0) is 14.3 Å². The fraction of sp³-hybridized carbons (Fsp3) is 0.333. The number of carbonyl (C=O) groups is 4. The predicted octanol–water partition coefficient (Wildman–Crippen LogP) is 3.28. The number of nitrogens with zero attached hydrogens (tertiary/aromatic N) is 2. The first-order chi connectivity index (χ1) is 14.9. The van der Waals surface area contributed by atoms with Crippen LogP contribution in [0.5, 0.6) is 0 Å². The van der Waals surface area contributed by atoms with Crippen molar-refractivity contribution in [3.05, 3.63) is 51.7 Å². The van der Waals surface area contributed by atoms with Gasteiger partial charge < -0.3 is 19.9 Å². The molecule has 0 atom stereocenters. The van der Waals surface area contributed by atoms with Crippen LogP contribution in [0.4, 0.5) is 10.5 Å². The summed E-state index contributed by atoms with van der Waals surface area (Å²) in [6.45, 7) is 1.10. The Balaban J connectivity index is 1.34. The quantitative estimate of drug-likeness (QED) is 0.502. The minimum Gasteiger partial charge on any atom is -0.456 e. The molecular formula is C21H22ClN3O5S. The van der Waals surface area contributed by atoms with E-state index in [1.54, 1.807) is 34.1 Å². The molecule has 1 aliphatic rings. The first-order valence-electron chi connectivity index (χ1n) is 9.75. The zero-order chi connectivity index (χ0) is 22.2. The molecule has 8 nitrogen and oxygen atoms in total. The summed E-state index contributed by atoms with van der Waals surface area (Å²) in [5.41, 5.74) is 0.707. The first-order valence-corrected chi connectivity index (χ1v) is 10.9. The van der Waals surface area contributed by atoms with E-state index in [0.717, 1.165) is 11.3 Å². The van der Waals surface area contributed by atoms with E-state index in [9.17, 15) is 19.2 Å². The number of anilines is 1. The number of Topliss-reactive ketones (excluding diaryl/α,β-unsaturated/α-hetero) is 1. The third-order valence-electron chi connectivity index (χ3n) is 4.71. The van der Waals surface area contributed by atoms with Crippen molar-refractivity contribution in [2.75, 3.05) is 38.1 Å².